The number of fused-ring (bicyclic) bond motifs is 1. The Kier molecular flexibility index (Phi) is 9.55. The van der Waals surface area contributed by atoms with Gasteiger partial charge in [-0.15, -0.1) is 0 Å². The normalized spacial score (nSPS) is 16.9. The number of aromatic nitrogens is 1. The van der Waals surface area contributed by atoms with Gasteiger partial charge in [0.05, 0.1) is 32.4 Å². The van der Waals surface area contributed by atoms with Crippen molar-refractivity contribution in [1.29, 1.82) is 0 Å². The van der Waals surface area contributed by atoms with E-state index < -0.39 is 29.4 Å². The monoisotopic (exact) mass is 632 g/mol. The summed E-state index contributed by atoms with van der Waals surface area (Å²) in [4.78, 5) is 34.0. The lowest BCUT2D eigenvalue weighted by atomic mass is 10.1. The van der Waals surface area contributed by atoms with Crippen LogP contribution < -0.4 is 24.4 Å². The Hall–Kier alpha value is -4.81. The number of methoxy groups -OCH3 is 1. The van der Waals surface area contributed by atoms with Gasteiger partial charge in [-0.2, -0.15) is 0 Å². The quantitative estimate of drug-likeness (QED) is 0.173. The number of pyridine rings is 1. The van der Waals surface area contributed by atoms with E-state index in [1.54, 1.807) is 31.5 Å². The van der Waals surface area contributed by atoms with Gasteiger partial charge in [0.25, 0.3) is 0 Å². The van der Waals surface area contributed by atoms with Crippen LogP contribution in [0.3, 0.4) is 0 Å². The lowest BCUT2D eigenvalue weighted by Crippen LogP contribution is -2.37. The molecule has 2 amide bonds. The van der Waals surface area contributed by atoms with Gasteiger partial charge >= 0.3 is 0 Å². The molecule has 46 heavy (non-hydrogen) atoms. The molecule has 3 aromatic carbocycles. The van der Waals surface area contributed by atoms with E-state index >= 15 is 4.39 Å². The first kappa shape index (κ1) is 31.2. The summed E-state index contributed by atoms with van der Waals surface area (Å²) in [7, 11) is 1.55. The second-order valence-electron chi connectivity index (χ2n) is 11.0. The standard InChI is InChI=1S/C34H34F2N4O6/c1-43-31-20-26-28(21-32(31)45-16-2-12-39-14-17-44-18-15-39)37-11-9-29(26)46-30-8-5-23(19-27(30)36)38-33(41)25-10-13-40(34(25)42)24-6-3-22(35)4-7-24/h3-9,11,19-21,25H,2,10,12-18H2,1H3,(H,38,41). The molecule has 0 spiro atoms. The van der Waals surface area contributed by atoms with Crippen LogP contribution in [-0.2, 0) is 14.3 Å². The molecule has 12 heteroatoms. The maximum absolute atomic E-state index is 15.2. The highest BCUT2D eigenvalue weighted by Gasteiger charge is 2.37. The SMILES string of the molecule is COc1cc2c(Oc3ccc(NC(=O)C4CCN(c5ccc(F)cc5)C4=O)cc3F)ccnc2cc1OCCCN1CCOCC1. The highest BCUT2D eigenvalue weighted by atomic mass is 19.1. The van der Waals surface area contributed by atoms with Crippen LogP contribution in [0.25, 0.3) is 10.9 Å². The first-order chi connectivity index (χ1) is 22.4. The topological polar surface area (TPSA) is 102 Å². The van der Waals surface area contributed by atoms with Crippen molar-refractivity contribution in [2.24, 2.45) is 5.92 Å². The average molecular weight is 633 g/mol. The molecule has 1 N–H and O–H groups in total. The van der Waals surface area contributed by atoms with Crippen LogP contribution >= 0.6 is 0 Å². The van der Waals surface area contributed by atoms with Gasteiger partial charge in [-0.3, -0.25) is 19.5 Å². The van der Waals surface area contributed by atoms with Gasteiger partial charge in [0.1, 0.15) is 17.5 Å². The molecule has 4 aromatic rings. The maximum atomic E-state index is 15.2. The summed E-state index contributed by atoms with van der Waals surface area (Å²) < 4.78 is 51.5. The Morgan fingerprint density at radius 2 is 1.78 bits per heavy atom. The van der Waals surface area contributed by atoms with Crippen molar-refractivity contribution in [3.05, 3.63) is 78.5 Å². The fourth-order valence-electron chi connectivity index (χ4n) is 5.59. The van der Waals surface area contributed by atoms with Gasteiger partial charge in [0.2, 0.25) is 11.8 Å². The Morgan fingerprint density at radius 3 is 2.54 bits per heavy atom. The number of rotatable bonds is 11. The second-order valence-corrected chi connectivity index (χ2v) is 11.0. The van der Waals surface area contributed by atoms with Crippen molar-refractivity contribution >= 4 is 34.1 Å². The smallest absolute Gasteiger partial charge is 0.239 e. The lowest BCUT2D eigenvalue weighted by molar-refractivity contribution is -0.129. The molecule has 2 aliphatic rings. The maximum Gasteiger partial charge on any atom is 0.239 e. The van der Waals surface area contributed by atoms with Crippen LogP contribution in [0.5, 0.6) is 23.0 Å². The predicted molar refractivity (Wildman–Crippen MR) is 168 cm³/mol. The number of nitrogens with one attached hydrogen (secondary N) is 1. The number of amides is 2. The number of carbonyl (C=O) groups excluding carboxylic acids is 2. The largest absolute Gasteiger partial charge is 0.493 e. The molecule has 6 rings (SSSR count). The number of nitrogens with zero attached hydrogens (tertiary/aromatic N) is 3. The van der Waals surface area contributed by atoms with Crippen LogP contribution in [0, 0.1) is 17.6 Å². The predicted octanol–water partition coefficient (Wildman–Crippen LogP) is 5.41. The van der Waals surface area contributed by atoms with E-state index in [9.17, 15) is 14.0 Å². The Balaban J connectivity index is 1.10. The number of benzene rings is 3. The Morgan fingerprint density at radius 1 is 0.978 bits per heavy atom. The van der Waals surface area contributed by atoms with Gasteiger partial charge in [0, 0.05) is 61.3 Å². The van der Waals surface area contributed by atoms with Crippen molar-refractivity contribution in [1.82, 2.24) is 9.88 Å². The zero-order valence-electron chi connectivity index (χ0n) is 25.3. The molecule has 1 atom stereocenters. The van der Waals surface area contributed by atoms with Crippen LogP contribution in [-0.4, -0.2) is 74.8 Å². The number of morpholine rings is 1. The van der Waals surface area contributed by atoms with E-state index in [-0.39, 0.29) is 17.9 Å². The van der Waals surface area contributed by atoms with Gasteiger partial charge in [-0.25, -0.2) is 8.78 Å². The summed E-state index contributed by atoms with van der Waals surface area (Å²) in [6.07, 6.45) is 2.69. The van der Waals surface area contributed by atoms with E-state index in [1.807, 2.05) is 0 Å². The molecule has 2 saturated heterocycles. The van der Waals surface area contributed by atoms with Crippen molar-refractivity contribution in [2.45, 2.75) is 12.8 Å². The van der Waals surface area contributed by atoms with Crippen LogP contribution in [0.15, 0.2) is 66.9 Å². The number of carbonyl (C=O) groups is 2. The number of anilines is 2. The molecular weight excluding hydrogens is 598 g/mol. The summed E-state index contributed by atoms with van der Waals surface area (Å²) in [6, 6.07) is 14.7. The number of hydrogen-bond donors (Lipinski definition) is 1. The zero-order valence-corrected chi connectivity index (χ0v) is 25.3. The molecule has 240 valence electrons. The molecule has 0 bridgehead atoms. The fraction of sp³-hybridized carbons (Fsp3) is 0.324. The van der Waals surface area contributed by atoms with Crippen LogP contribution in [0.1, 0.15) is 12.8 Å². The third-order valence-electron chi connectivity index (χ3n) is 8.05. The Bertz CT molecular complexity index is 1710. The van der Waals surface area contributed by atoms with Crippen molar-refractivity contribution < 1.29 is 37.3 Å². The molecule has 10 nitrogen and oxygen atoms in total. The third kappa shape index (κ3) is 7.03. The van der Waals surface area contributed by atoms with Crippen molar-refractivity contribution in [3.8, 4) is 23.0 Å². The molecule has 1 unspecified atom stereocenters. The minimum absolute atomic E-state index is 0.0627. The lowest BCUT2D eigenvalue weighted by Gasteiger charge is -2.26. The molecular formula is C34H34F2N4O6. The average Bonchev–Trinajstić information content (AvgIpc) is 3.46. The third-order valence-corrected chi connectivity index (χ3v) is 8.05. The zero-order chi connectivity index (χ0) is 32.0. The van der Waals surface area contributed by atoms with Gasteiger partial charge < -0.3 is 29.2 Å². The molecule has 2 aliphatic heterocycles. The first-order valence-electron chi connectivity index (χ1n) is 15.1. The van der Waals surface area contributed by atoms with E-state index in [1.165, 1.54) is 41.3 Å². The minimum Gasteiger partial charge on any atom is -0.493 e. The number of ether oxygens (including phenoxy) is 4. The second kappa shape index (κ2) is 14.1. The summed E-state index contributed by atoms with van der Waals surface area (Å²) in [5, 5.41) is 3.23. The summed E-state index contributed by atoms with van der Waals surface area (Å²) >= 11 is 0. The van der Waals surface area contributed by atoms with E-state index in [0.29, 0.717) is 47.0 Å². The Labute approximate surface area is 264 Å². The molecule has 1 aromatic heterocycles. The van der Waals surface area contributed by atoms with Gasteiger partial charge in [-0.1, -0.05) is 0 Å². The molecule has 0 radical (unpaired) electrons. The van der Waals surface area contributed by atoms with Crippen molar-refractivity contribution in [2.75, 3.05) is 63.3 Å². The minimum atomic E-state index is -0.944. The first-order valence-corrected chi connectivity index (χ1v) is 15.1. The molecule has 0 aliphatic carbocycles. The molecule has 2 fully saturated rings. The fourth-order valence-corrected chi connectivity index (χ4v) is 5.59. The van der Waals surface area contributed by atoms with E-state index in [0.717, 1.165) is 45.3 Å². The van der Waals surface area contributed by atoms with E-state index in [4.69, 9.17) is 18.9 Å². The van der Waals surface area contributed by atoms with Crippen LogP contribution in [0.4, 0.5) is 20.2 Å². The highest BCUT2D eigenvalue weighted by Crippen LogP contribution is 2.38. The molecule has 3 heterocycles. The van der Waals surface area contributed by atoms with Gasteiger partial charge in [0.15, 0.2) is 23.1 Å². The van der Waals surface area contributed by atoms with Crippen LogP contribution in [0.2, 0.25) is 0 Å². The van der Waals surface area contributed by atoms with Gasteiger partial charge in [-0.05, 0) is 61.4 Å². The van der Waals surface area contributed by atoms with E-state index in [2.05, 4.69) is 15.2 Å². The summed E-state index contributed by atoms with van der Waals surface area (Å²) in [5.41, 5.74) is 1.28. The number of halogens is 2. The number of hydrogen-bond acceptors (Lipinski definition) is 8. The highest BCUT2D eigenvalue weighted by molar-refractivity contribution is 6.13. The van der Waals surface area contributed by atoms with Crippen molar-refractivity contribution in [3.63, 3.8) is 0 Å². The molecule has 0 saturated carbocycles. The summed E-state index contributed by atoms with van der Waals surface area (Å²) in [6.45, 7) is 5.08. The summed E-state index contributed by atoms with van der Waals surface area (Å²) in [5.74, 6) is -1.67.